The number of thioether (sulfide) groups is 1. The van der Waals surface area contributed by atoms with Gasteiger partial charge in [-0.25, -0.2) is 0 Å². The summed E-state index contributed by atoms with van der Waals surface area (Å²) in [7, 11) is 3.64. The van der Waals surface area contributed by atoms with Gasteiger partial charge in [0, 0.05) is 63.7 Å². The number of imide groups is 1. The van der Waals surface area contributed by atoms with E-state index in [1.165, 1.54) is 54.7 Å². The number of carbonyl (C=O) groups is 5. The van der Waals surface area contributed by atoms with E-state index in [0.717, 1.165) is 51.1 Å². The van der Waals surface area contributed by atoms with Gasteiger partial charge in [-0.2, -0.15) is 0 Å². The molecule has 15 heteroatoms. The Morgan fingerprint density at radius 2 is 1.63 bits per heavy atom. The molecule has 2 aromatic rings. The number of nitrogens with two attached hydrogens (primary N) is 1. The summed E-state index contributed by atoms with van der Waals surface area (Å²) in [6, 6.07) is 12.7. The third-order valence-electron chi connectivity index (χ3n) is 10.8. The summed E-state index contributed by atoms with van der Waals surface area (Å²) < 4.78 is 18.6. The van der Waals surface area contributed by atoms with Crippen molar-refractivity contribution in [1.29, 1.82) is 0 Å². The Bertz CT molecular complexity index is 1740. The molecule has 14 nitrogen and oxygen atoms in total. The van der Waals surface area contributed by atoms with Gasteiger partial charge in [0.05, 0.1) is 36.2 Å². The van der Waals surface area contributed by atoms with E-state index in [-0.39, 0.29) is 42.2 Å². The van der Waals surface area contributed by atoms with Crippen molar-refractivity contribution in [3.05, 3.63) is 53.6 Å². The number of amidine groups is 1. The topological polar surface area (TPSA) is 173 Å². The van der Waals surface area contributed by atoms with Gasteiger partial charge in [-0.05, 0) is 84.3 Å². The lowest BCUT2D eigenvalue weighted by atomic mass is 9.96. The van der Waals surface area contributed by atoms with Gasteiger partial charge in [-0.1, -0.05) is 43.2 Å². The van der Waals surface area contributed by atoms with Crippen LogP contribution >= 0.6 is 11.8 Å². The van der Waals surface area contributed by atoms with Crippen molar-refractivity contribution in [3.8, 4) is 11.5 Å². The van der Waals surface area contributed by atoms with Crippen LogP contribution in [0.15, 0.2) is 47.5 Å². The maximum atomic E-state index is 13.5. The number of piperidine rings is 1. The normalized spacial score (nSPS) is 18.3. The van der Waals surface area contributed by atoms with E-state index in [1.54, 1.807) is 12.1 Å². The molecule has 3 aliphatic rings. The lowest BCUT2D eigenvalue weighted by molar-refractivity contribution is -0.136. The van der Waals surface area contributed by atoms with E-state index in [1.807, 2.05) is 39.8 Å². The van der Waals surface area contributed by atoms with E-state index in [2.05, 4.69) is 39.3 Å². The second kappa shape index (κ2) is 22.8. The largest absolute Gasteiger partial charge is 0.493 e. The van der Waals surface area contributed by atoms with E-state index in [4.69, 9.17) is 19.9 Å². The smallest absolute Gasteiger partial charge is 0.258 e. The Morgan fingerprint density at radius 3 is 2.27 bits per heavy atom. The van der Waals surface area contributed by atoms with E-state index < -0.39 is 29.1 Å². The number of anilines is 1. The predicted octanol–water partition coefficient (Wildman–Crippen LogP) is 5.51. The minimum atomic E-state index is -0.820. The van der Waals surface area contributed by atoms with Crippen LogP contribution in [0.25, 0.3) is 0 Å². The minimum Gasteiger partial charge on any atom is -0.493 e. The van der Waals surface area contributed by atoms with Crippen molar-refractivity contribution in [1.82, 2.24) is 15.1 Å². The number of nitrogens with zero attached hydrogens (tertiary/aromatic N) is 4. The number of benzene rings is 2. The first-order chi connectivity index (χ1) is 28.1. The molecule has 3 fully saturated rings. The highest BCUT2D eigenvalue weighted by Gasteiger charge is 2.34. The number of aldehydes is 2. The quantitative estimate of drug-likeness (QED) is 0.0888. The summed E-state index contributed by atoms with van der Waals surface area (Å²) in [6.07, 6.45) is 9.15. The number of likely N-dealkylation sites (N-methyl/N-ethyl adjacent to an activating group) is 2. The second-order valence-corrected chi connectivity index (χ2v) is 17.6. The number of ether oxygens (including phenoxy) is 3. The highest BCUT2D eigenvalue weighted by molar-refractivity contribution is 8.14. The molecule has 59 heavy (non-hydrogen) atoms. The standard InChI is InChI=1S/C35H48N4O7.C9H16N2OS/c1-34(2,45-23-17-35(3,4)46-27-12-10-26(11-13-27)39-20-18-37(5)19-21-39)16-22-44-29-9-7-8-25(24-40)31(29)33(43)38(6)28-14-15-30(41)36-32(28)42;10-9(13-7-6-12)11-8-4-2-1-3-5-8/h7-13,24,28H,14-23H2,1-6H3,(H,36,41,42);6,8H,1-5,7H2,(H2,10,11). The average molecular weight is 837 g/mol. The first-order valence-electron chi connectivity index (χ1n) is 20.7. The van der Waals surface area contributed by atoms with E-state index >= 15 is 0 Å². The van der Waals surface area contributed by atoms with Crippen LogP contribution in [0.4, 0.5) is 5.69 Å². The summed E-state index contributed by atoms with van der Waals surface area (Å²) in [5.74, 6) is 0.0528. The van der Waals surface area contributed by atoms with Crippen LogP contribution in [0, 0.1) is 0 Å². The van der Waals surface area contributed by atoms with E-state index in [0.29, 0.717) is 42.7 Å². The third-order valence-corrected chi connectivity index (χ3v) is 11.5. The summed E-state index contributed by atoms with van der Waals surface area (Å²) >= 11 is 1.33. The molecule has 3 N–H and O–H groups in total. The van der Waals surface area contributed by atoms with Crippen molar-refractivity contribution in [2.45, 2.75) is 109 Å². The minimum absolute atomic E-state index is 0.0823. The molecule has 2 heterocycles. The number of hydrogen-bond donors (Lipinski definition) is 2. The number of amides is 3. The van der Waals surface area contributed by atoms with Gasteiger partial charge >= 0.3 is 0 Å². The van der Waals surface area contributed by atoms with Crippen molar-refractivity contribution in [3.63, 3.8) is 0 Å². The fraction of sp³-hybridized carbons (Fsp3) is 0.591. The molecule has 1 atom stereocenters. The van der Waals surface area contributed by atoms with Crippen LogP contribution in [-0.4, -0.2) is 128 Å². The molecule has 2 aliphatic heterocycles. The van der Waals surface area contributed by atoms with Crippen LogP contribution < -0.4 is 25.4 Å². The maximum absolute atomic E-state index is 13.5. The van der Waals surface area contributed by atoms with Gasteiger partial charge in [-0.3, -0.25) is 29.5 Å². The fourth-order valence-corrected chi connectivity index (χ4v) is 7.59. The van der Waals surface area contributed by atoms with Gasteiger partial charge in [0.25, 0.3) is 5.91 Å². The van der Waals surface area contributed by atoms with Gasteiger partial charge in [-0.15, -0.1) is 0 Å². The Hall–Kier alpha value is -4.47. The molecule has 0 bridgehead atoms. The predicted molar refractivity (Wildman–Crippen MR) is 233 cm³/mol. The Kier molecular flexibility index (Phi) is 18.2. The van der Waals surface area contributed by atoms with Gasteiger partial charge in [0.2, 0.25) is 11.8 Å². The number of piperazine rings is 1. The van der Waals surface area contributed by atoms with Gasteiger partial charge < -0.3 is 39.4 Å². The van der Waals surface area contributed by atoms with Crippen LogP contribution in [-0.2, 0) is 19.1 Å². The number of hydrogen-bond acceptors (Lipinski definition) is 12. The third kappa shape index (κ3) is 15.3. The molecule has 0 aromatic heterocycles. The van der Waals surface area contributed by atoms with Gasteiger partial charge in [0.15, 0.2) is 11.5 Å². The molecule has 5 rings (SSSR count). The Labute approximate surface area is 353 Å². The van der Waals surface area contributed by atoms with Crippen LogP contribution in [0.5, 0.6) is 11.5 Å². The second-order valence-electron chi connectivity index (χ2n) is 16.6. The zero-order valence-corrected chi connectivity index (χ0v) is 36.5. The molecule has 0 radical (unpaired) electrons. The fourth-order valence-electron chi connectivity index (χ4n) is 7.12. The number of nitrogens with one attached hydrogen (secondary N) is 1. The number of aliphatic imine (C=N–C) groups is 1. The Balaban J connectivity index is 0.000000502. The lowest BCUT2D eigenvalue weighted by Gasteiger charge is -2.34. The Morgan fingerprint density at radius 1 is 0.949 bits per heavy atom. The number of rotatable bonds is 17. The molecule has 0 spiro atoms. The summed E-state index contributed by atoms with van der Waals surface area (Å²) in [4.78, 5) is 69.7. The maximum Gasteiger partial charge on any atom is 0.258 e. The van der Waals surface area contributed by atoms with Crippen LogP contribution in [0.3, 0.4) is 0 Å². The van der Waals surface area contributed by atoms with Crippen molar-refractivity contribution >= 4 is 52.9 Å². The average Bonchev–Trinajstić information content (AvgIpc) is 3.20. The molecular formula is C44H64N6O8S. The zero-order valence-electron chi connectivity index (χ0n) is 35.7. The molecular weight excluding hydrogens is 773 g/mol. The van der Waals surface area contributed by atoms with E-state index in [9.17, 15) is 24.0 Å². The molecule has 1 aliphatic carbocycles. The molecule has 1 saturated carbocycles. The molecule has 2 aromatic carbocycles. The number of carbonyl (C=O) groups excluding carboxylic acids is 5. The van der Waals surface area contributed by atoms with Crippen LogP contribution in [0.1, 0.15) is 106 Å². The first kappa shape index (κ1) is 47.2. The van der Waals surface area contributed by atoms with Gasteiger partial charge in [0.1, 0.15) is 29.4 Å². The van der Waals surface area contributed by atoms with Crippen molar-refractivity contribution in [2.75, 3.05) is 64.1 Å². The SMILES string of the molecule is CN1CCN(c2ccc(OC(C)(C)CCOC(C)(C)CCOc3cccc(C=O)c3C(=O)N(C)C3CCC(=O)NC3=O)cc2)CC1.NC(=NC1CCCCC1)SCC=O. The van der Waals surface area contributed by atoms with Crippen molar-refractivity contribution < 1.29 is 38.2 Å². The highest BCUT2D eigenvalue weighted by Crippen LogP contribution is 2.29. The molecule has 2 saturated heterocycles. The summed E-state index contributed by atoms with van der Waals surface area (Å²) in [6.45, 7) is 12.9. The highest BCUT2D eigenvalue weighted by atomic mass is 32.2. The zero-order chi connectivity index (χ0) is 43.0. The monoisotopic (exact) mass is 836 g/mol. The van der Waals surface area contributed by atoms with Crippen molar-refractivity contribution in [2.24, 2.45) is 10.7 Å². The summed E-state index contributed by atoms with van der Waals surface area (Å²) in [5.41, 5.74) is 6.12. The molecule has 324 valence electrons. The lowest BCUT2D eigenvalue weighted by Crippen LogP contribution is -2.53. The molecule has 3 amide bonds. The molecule has 1 unspecified atom stereocenters. The summed E-state index contributed by atoms with van der Waals surface area (Å²) in [5, 5.41) is 2.83. The van der Waals surface area contributed by atoms with Crippen LogP contribution in [0.2, 0.25) is 0 Å². The first-order valence-corrected chi connectivity index (χ1v) is 21.7.